The Labute approximate surface area is 138 Å². The molecule has 0 amide bonds. The first kappa shape index (κ1) is 25.0. The molecule has 0 aromatic rings. The fourth-order valence-electron chi connectivity index (χ4n) is 2.18. The fourth-order valence-corrected chi connectivity index (χ4v) is 44.6. The van der Waals surface area contributed by atoms with Crippen LogP contribution < -0.4 is 24.8 Å². The molecule has 18 heavy (non-hydrogen) atoms. The van der Waals surface area contributed by atoms with Crippen LogP contribution in [-0.4, -0.2) is 24.2 Å². The van der Waals surface area contributed by atoms with Gasteiger partial charge in [0.15, 0.2) is 0 Å². The largest absolute Gasteiger partial charge is 1.00 e. The van der Waals surface area contributed by atoms with E-state index in [0.717, 1.165) is 0 Å². The van der Waals surface area contributed by atoms with Crippen molar-refractivity contribution in [3.05, 3.63) is 0 Å². The molecule has 0 bridgehead atoms. The van der Waals surface area contributed by atoms with Gasteiger partial charge in [-0.25, -0.2) is 0 Å². The number of halogens is 2. The van der Waals surface area contributed by atoms with Crippen LogP contribution in [0.15, 0.2) is 0 Å². The molecule has 0 N–H and O–H groups in total. The standard InChI is InChI=1S/3C4H11Si.2ClH.Nb/c3*1-5(2,3)4;;;/h3*1H2,2-4H3;2*1H;/q;;;;;+2/p-2. The van der Waals surface area contributed by atoms with Crippen LogP contribution >= 0.6 is 0 Å². The van der Waals surface area contributed by atoms with Gasteiger partial charge in [-0.15, -0.1) is 0 Å². The van der Waals surface area contributed by atoms with Crippen molar-refractivity contribution in [2.45, 2.75) is 71.7 Å². The van der Waals surface area contributed by atoms with E-state index in [0.29, 0.717) is 0 Å². The predicted octanol–water partition coefficient (Wildman–Crippen LogP) is -0.500. The maximum absolute atomic E-state index is 2.58. The second-order valence-electron chi connectivity index (χ2n) is 8.83. The van der Waals surface area contributed by atoms with E-state index in [1.54, 1.807) is 12.8 Å². The third-order valence-corrected chi connectivity index (χ3v) is 37.2. The monoisotopic (exact) mass is 424 g/mol. The van der Waals surface area contributed by atoms with Crippen molar-refractivity contribution in [2.75, 3.05) is 0 Å². The molecule has 0 saturated heterocycles. The molecule has 0 aliphatic carbocycles. The third-order valence-electron chi connectivity index (χ3n) is 2.09. The molecule has 0 radical (unpaired) electrons. The molecule has 0 atom stereocenters. The van der Waals surface area contributed by atoms with Gasteiger partial charge in [0.25, 0.3) is 0 Å². The second-order valence-corrected chi connectivity index (χ2v) is 35.4. The van der Waals surface area contributed by atoms with Crippen molar-refractivity contribution in [2.24, 2.45) is 0 Å². The van der Waals surface area contributed by atoms with Gasteiger partial charge in [-0.05, 0) is 0 Å². The average molecular weight is 425 g/mol. The predicted molar refractivity (Wildman–Crippen MR) is 84.5 cm³/mol. The molecule has 0 heterocycles. The van der Waals surface area contributed by atoms with Crippen molar-refractivity contribution >= 4 is 24.2 Å². The SMILES string of the molecule is C[Si](C)(C)[CH2][Nb+2]([CH2][Si](C)(C)C)[CH2][Si](C)(C)C.[Cl-].[Cl-]. The summed E-state index contributed by atoms with van der Waals surface area (Å²) in [5, 5.41) is 0. The van der Waals surface area contributed by atoms with E-state index in [1.165, 1.54) is 0 Å². The minimum atomic E-state index is -0.894. The van der Waals surface area contributed by atoms with Crippen molar-refractivity contribution in [3.63, 3.8) is 0 Å². The number of rotatable bonds is 6. The summed E-state index contributed by atoms with van der Waals surface area (Å²) in [5.74, 6) is 0. The molecule has 6 heteroatoms. The molecule has 0 rings (SSSR count). The average Bonchev–Trinajstić information content (AvgIpc) is 1.70. The quantitative estimate of drug-likeness (QED) is 0.504. The van der Waals surface area contributed by atoms with Crippen molar-refractivity contribution < 1.29 is 43.3 Å². The minimum absolute atomic E-state index is 0. The molecule has 0 fully saturated rings. The van der Waals surface area contributed by atoms with E-state index < -0.39 is 42.7 Å². The molecule has 0 nitrogen and oxygen atoms in total. The second kappa shape index (κ2) is 9.08. The van der Waals surface area contributed by atoms with Gasteiger partial charge in [-0.2, -0.15) is 0 Å². The molecular formula is C12H33Cl2NbSi3. The van der Waals surface area contributed by atoms with Crippen LogP contribution in [0.1, 0.15) is 0 Å². The normalized spacial score (nSPS) is 12.5. The smallest absolute Gasteiger partial charge is 1.00 e. The summed E-state index contributed by atoms with van der Waals surface area (Å²) in [6, 6.07) is 0. The Morgan fingerprint density at radius 2 is 0.667 bits per heavy atom. The van der Waals surface area contributed by atoms with E-state index >= 15 is 0 Å². The Balaban J connectivity index is -0.00000112. The van der Waals surface area contributed by atoms with E-state index in [9.17, 15) is 0 Å². The summed E-state index contributed by atoms with van der Waals surface area (Å²) in [7, 11) is -2.38. The molecule has 112 valence electrons. The van der Waals surface area contributed by atoms with Crippen LogP contribution in [0.25, 0.3) is 0 Å². The van der Waals surface area contributed by atoms with Crippen LogP contribution in [0.5, 0.6) is 0 Å². The van der Waals surface area contributed by atoms with Gasteiger partial charge in [0, 0.05) is 0 Å². The van der Waals surface area contributed by atoms with E-state index in [2.05, 4.69) is 58.9 Å². The summed E-state index contributed by atoms with van der Waals surface area (Å²) >= 11 is -0.894. The minimum Gasteiger partial charge on any atom is -1.00 e. The molecule has 0 aliphatic rings. The topological polar surface area (TPSA) is 0 Å². The van der Waals surface area contributed by atoms with Crippen LogP contribution in [0.2, 0.25) is 71.7 Å². The number of hydrogen-bond acceptors (Lipinski definition) is 0. The number of hydrogen-bond donors (Lipinski definition) is 0. The molecule has 0 aromatic carbocycles. The van der Waals surface area contributed by atoms with Gasteiger partial charge in [-0.1, -0.05) is 0 Å². The summed E-state index contributed by atoms with van der Waals surface area (Å²) in [4.78, 5) is 0. The van der Waals surface area contributed by atoms with E-state index in [-0.39, 0.29) is 24.8 Å². The first-order valence-corrected chi connectivity index (χ1v) is 22.3. The van der Waals surface area contributed by atoms with Crippen LogP contribution in [-0.2, 0) is 18.4 Å². The third kappa shape index (κ3) is 18.0. The maximum Gasteiger partial charge on any atom is -1.00 e. The zero-order valence-corrected chi connectivity index (χ0v) is 20.5. The van der Waals surface area contributed by atoms with Crippen molar-refractivity contribution in [3.8, 4) is 0 Å². The van der Waals surface area contributed by atoms with Crippen LogP contribution in [0.3, 0.4) is 0 Å². The van der Waals surface area contributed by atoms with Gasteiger partial charge in [-0.3, -0.25) is 0 Å². The Hall–Kier alpha value is 1.97. The molecule has 0 aromatic heterocycles. The Morgan fingerprint density at radius 3 is 0.778 bits per heavy atom. The molecular weight excluding hydrogens is 392 g/mol. The van der Waals surface area contributed by atoms with Gasteiger partial charge in [0.2, 0.25) is 0 Å². The first-order valence-electron chi connectivity index (χ1n) is 6.51. The van der Waals surface area contributed by atoms with E-state index in [1.807, 2.05) is 0 Å². The molecule has 0 aliphatic heterocycles. The van der Waals surface area contributed by atoms with Crippen LogP contribution in [0, 0.1) is 0 Å². The fraction of sp³-hybridized carbons (Fsp3) is 1.00. The van der Waals surface area contributed by atoms with E-state index in [4.69, 9.17) is 0 Å². The van der Waals surface area contributed by atoms with Gasteiger partial charge < -0.3 is 24.8 Å². The Kier molecular flexibility index (Phi) is 12.6. The zero-order valence-electron chi connectivity index (χ0n) is 13.8. The molecule has 0 spiro atoms. The van der Waals surface area contributed by atoms with Gasteiger partial charge in [0.05, 0.1) is 0 Å². The van der Waals surface area contributed by atoms with Crippen molar-refractivity contribution in [1.82, 2.24) is 0 Å². The van der Waals surface area contributed by atoms with Gasteiger partial charge in [0.1, 0.15) is 0 Å². The summed E-state index contributed by atoms with van der Waals surface area (Å²) in [6.07, 6.45) is 0. The van der Waals surface area contributed by atoms with Crippen LogP contribution in [0.4, 0.5) is 0 Å². The summed E-state index contributed by atoms with van der Waals surface area (Å²) in [6.45, 7) is 23.2. The Bertz CT molecular complexity index is 179. The maximum atomic E-state index is 2.58. The molecule has 0 saturated carbocycles. The summed E-state index contributed by atoms with van der Waals surface area (Å²) < 4.78 is 5.22. The van der Waals surface area contributed by atoms with Gasteiger partial charge >= 0.3 is 114 Å². The summed E-state index contributed by atoms with van der Waals surface area (Å²) in [5.41, 5.74) is 0. The molecule has 0 unspecified atom stereocenters. The Morgan fingerprint density at radius 1 is 0.500 bits per heavy atom. The first-order chi connectivity index (χ1) is 6.79. The van der Waals surface area contributed by atoms with Crippen molar-refractivity contribution in [1.29, 1.82) is 0 Å². The zero-order chi connectivity index (χ0) is 13.2.